The van der Waals surface area contributed by atoms with E-state index in [0.717, 1.165) is 19.5 Å². The Labute approximate surface area is 107 Å². The van der Waals surface area contributed by atoms with Crippen LogP contribution in [0.2, 0.25) is 0 Å². The molecule has 0 amide bonds. The van der Waals surface area contributed by atoms with E-state index in [1.54, 1.807) is 6.07 Å². The monoisotopic (exact) mass is 270 g/mol. The second-order valence-corrected chi connectivity index (χ2v) is 5.99. The maximum Gasteiger partial charge on any atom is 0.239 e. The minimum atomic E-state index is -3.65. The number of rotatable bonds is 5. The lowest BCUT2D eigenvalue weighted by molar-refractivity contribution is 0.574. The molecule has 1 fully saturated rings. The van der Waals surface area contributed by atoms with Crippen LogP contribution in [0, 0.1) is 0 Å². The number of nitrogens with two attached hydrogens (primary N) is 1. The Kier molecular flexibility index (Phi) is 4.15. The van der Waals surface area contributed by atoms with Crippen LogP contribution >= 0.6 is 0 Å². The highest BCUT2D eigenvalue weighted by atomic mass is 32.2. The molecule has 0 aromatic carbocycles. The Morgan fingerprint density at radius 3 is 2.89 bits per heavy atom. The van der Waals surface area contributed by atoms with Gasteiger partial charge in [-0.05, 0) is 37.9 Å². The van der Waals surface area contributed by atoms with E-state index in [0.29, 0.717) is 11.9 Å². The summed E-state index contributed by atoms with van der Waals surface area (Å²) in [5.74, 6) is 0.667. The maximum absolute atomic E-state index is 11.0. The molecule has 1 aromatic heterocycles. The summed E-state index contributed by atoms with van der Waals surface area (Å²) in [6, 6.07) is 3.67. The van der Waals surface area contributed by atoms with E-state index < -0.39 is 10.0 Å². The van der Waals surface area contributed by atoms with Crippen molar-refractivity contribution < 1.29 is 8.42 Å². The Balaban J connectivity index is 1.83. The summed E-state index contributed by atoms with van der Waals surface area (Å²) in [6.45, 7) is 1.92. The van der Waals surface area contributed by atoms with Gasteiger partial charge in [-0.15, -0.1) is 0 Å². The second-order valence-electron chi connectivity index (χ2n) is 4.43. The van der Waals surface area contributed by atoms with Crippen molar-refractivity contribution in [1.82, 2.24) is 10.3 Å². The molecule has 100 valence electrons. The van der Waals surface area contributed by atoms with Gasteiger partial charge in [0, 0.05) is 18.8 Å². The first-order valence-corrected chi connectivity index (χ1v) is 7.56. The quantitative estimate of drug-likeness (QED) is 0.714. The molecule has 6 nitrogen and oxygen atoms in total. The fourth-order valence-corrected chi connectivity index (χ4v) is 2.49. The molecule has 7 heteroatoms. The number of nitrogens with zero attached hydrogens (tertiary/aromatic N) is 1. The zero-order valence-corrected chi connectivity index (χ0v) is 10.9. The molecule has 0 radical (unpaired) electrons. The van der Waals surface area contributed by atoms with Crippen molar-refractivity contribution in [3.8, 4) is 0 Å². The molecular formula is C11H18N4O2S. The average molecular weight is 270 g/mol. The molecular weight excluding hydrogens is 252 g/mol. The third-order valence-electron chi connectivity index (χ3n) is 3.03. The van der Waals surface area contributed by atoms with Crippen LogP contribution in [0.5, 0.6) is 0 Å². The Morgan fingerprint density at radius 1 is 1.50 bits per heavy atom. The summed E-state index contributed by atoms with van der Waals surface area (Å²) in [5.41, 5.74) is 0. The Morgan fingerprint density at radius 2 is 2.33 bits per heavy atom. The lowest BCUT2D eigenvalue weighted by Crippen LogP contribution is -2.24. The lowest BCUT2D eigenvalue weighted by atomic mass is 10.1. The van der Waals surface area contributed by atoms with Crippen molar-refractivity contribution in [3.05, 3.63) is 18.3 Å². The molecule has 0 saturated carbocycles. The van der Waals surface area contributed by atoms with E-state index in [2.05, 4.69) is 15.6 Å². The van der Waals surface area contributed by atoms with Gasteiger partial charge in [0.05, 0.1) is 0 Å². The molecule has 0 bridgehead atoms. The van der Waals surface area contributed by atoms with Crippen LogP contribution in [-0.4, -0.2) is 32.5 Å². The molecule has 1 aliphatic rings. The fourth-order valence-electron chi connectivity index (χ4n) is 2.03. The van der Waals surface area contributed by atoms with Crippen molar-refractivity contribution in [2.75, 3.05) is 18.4 Å². The van der Waals surface area contributed by atoms with Gasteiger partial charge in [0.2, 0.25) is 10.0 Å². The van der Waals surface area contributed by atoms with E-state index in [1.165, 1.54) is 25.1 Å². The predicted molar refractivity (Wildman–Crippen MR) is 69.7 cm³/mol. The molecule has 18 heavy (non-hydrogen) atoms. The molecule has 0 unspecified atom stereocenters. The minimum Gasteiger partial charge on any atom is -0.370 e. The molecule has 2 heterocycles. The topological polar surface area (TPSA) is 97.1 Å². The van der Waals surface area contributed by atoms with Crippen LogP contribution in [0.4, 0.5) is 5.82 Å². The maximum atomic E-state index is 11.0. The summed E-state index contributed by atoms with van der Waals surface area (Å²) in [5, 5.41) is 11.6. The number of nitrogens with one attached hydrogen (secondary N) is 2. The van der Waals surface area contributed by atoms with Crippen molar-refractivity contribution in [2.24, 2.45) is 5.14 Å². The van der Waals surface area contributed by atoms with E-state index in [-0.39, 0.29) is 4.90 Å². The Hall–Kier alpha value is -1.18. The third-order valence-corrected chi connectivity index (χ3v) is 3.92. The number of pyridine rings is 1. The number of anilines is 1. The van der Waals surface area contributed by atoms with Crippen LogP contribution in [0.1, 0.15) is 19.3 Å². The van der Waals surface area contributed by atoms with E-state index >= 15 is 0 Å². The smallest absolute Gasteiger partial charge is 0.239 e. The summed E-state index contributed by atoms with van der Waals surface area (Å²) in [7, 11) is -3.65. The summed E-state index contributed by atoms with van der Waals surface area (Å²) in [4.78, 5) is 4.05. The van der Waals surface area contributed by atoms with Crippen LogP contribution in [0.15, 0.2) is 23.2 Å². The number of aromatic nitrogens is 1. The first kappa shape index (κ1) is 13.3. The number of hydrogen-bond acceptors (Lipinski definition) is 5. The number of hydrogen-bond donors (Lipinski definition) is 3. The standard InChI is InChI=1S/C11H18N4O2S/c12-18(16,17)10-3-4-11(15-8-10)14-7-5-9-2-1-6-13-9/h3-4,8-9,13H,1-2,5-7H2,(H,14,15)(H2,12,16,17)/t9-/m0/s1. The van der Waals surface area contributed by atoms with Crippen LogP contribution in [0.25, 0.3) is 0 Å². The van der Waals surface area contributed by atoms with Crippen molar-refractivity contribution >= 4 is 15.8 Å². The Bertz CT molecular complexity index is 480. The molecule has 1 aliphatic heterocycles. The van der Waals surface area contributed by atoms with Crippen LogP contribution in [-0.2, 0) is 10.0 Å². The zero-order valence-electron chi connectivity index (χ0n) is 10.1. The molecule has 4 N–H and O–H groups in total. The highest BCUT2D eigenvalue weighted by molar-refractivity contribution is 7.89. The molecule has 0 aliphatic carbocycles. The summed E-state index contributed by atoms with van der Waals surface area (Å²) in [6.07, 6.45) is 4.77. The summed E-state index contributed by atoms with van der Waals surface area (Å²) < 4.78 is 22.1. The van der Waals surface area contributed by atoms with Gasteiger partial charge in [0.1, 0.15) is 10.7 Å². The largest absolute Gasteiger partial charge is 0.370 e. The average Bonchev–Trinajstić information content (AvgIpc) is 2.82. The van der Waals surface area contributed by atoms with E-state index in [1.807, 2.05) is 0 Å². The zero-order chi connectivity index (χ0) is 13.0. The molecule has 1 saturated heterocycles. The molecule has 1 atom stereocenters. The van der Waals surface area contributed by atoms with Gasteiger partial charge >= 0.3 is 0 Å². The van der Waals surface area contributed by atoms with E-state index in [4.69, 9.17) is 5.14 Å². The predicted octanol–water partition coefficient (Wildman–Crippen LogP) is 0.283. The molecule has 0 spiro atoms. The van der Waals surface area contributed by atoms with Gasteiger partial charge in [-0.2, -0.15) is 0 Å². The van der Waals surface area contributed by atoms with Crippen molar-refractivity contribution in [3.63, 3.8) is 0 Å². The van der Waals surface area contributed by atoms with Crippen LogP contribution in [0.3, 0.4) is 0 Å². The normalized spacial score (nSPS) is 19.9. The van der Waals surface area contributed by atoms with Crippen molar-refractivity contribution in [1.29, 1.82) is 0 Å². The first-order valence-electron chi connectivity index (χ1n) is 6.02. The van der Waals surface area contributed by atoms with Gasteiger partial charge in [0.15, 0.2) is 0 Å². The van der Waals surface area contributed by atoms with Crippen LogP contribution < -0.4 is 15.8 Å². The minimum absolute atomic E-state index is 0.0329. The van der Waals surface area contributed by atoms with E-state index in [9.17, 15) is 8.42 Å². The molecule has 2 rings (SSSR count). The van der Waals surface area contributed by atoms with Gasteiger partial charge in [-0.25, -0.2) is 18.5 Å². The third kappa shape index (κ3) is 3.66. The van der Waals surface area contributed by atoms with Gasteiger partial charge < -0.3 is 10.6 Å². The molecule has 1 aromatic rings. The number of sulfonamides is 1. The lowest BCUT2D eigenvalue weighted by Gasteiger charge is -2.11. The second kappa shape index (κ2) is 5.64. The first-order chi connectivity index (χ1) is 8.55. The van der Waals surface area contributed by atoms with Gasteiger partial charge in [-0.1, -0.05) is 0 Å². The summed E-state index contributed by atoms with van der Waals surface area (Å²) >= 11 is 0. The number of primary sulfonamides is 1. The highest BCUT2D eigenvalue weighted by Gasteiger charge is 2.13. The SMILES string of the molecule is NS(=O)(=O)c1ccc(NCC[C@@H]2CCCN2)nc1. The fraction of sp³-hybridized carbons (Fsp3) is 0.545. The van der Waals surface area contributed by atoms with Gasteiger partial charge in [0.25, 0.3) is 0 Å². The van der Waals surface area contributed by atoms with Gasteiger partial charge in [-0.3, -0.25) is 0 Å². The van der Waals surface area contributed by atoms with Crippen molar-refractivity contribution in [2.45, 2.75) is 30.2 Å². The highest BCUT2D eigenvalue weighted by Crippen LogP contribution is 2.11.